The maximum absolute atomic E-state index is 12.3. The topological polar surface area (TPSA) is 122 Å². The summed E-state index contributed by atoms with van der Waals surface area (Å²) in [5.41, 5.74) is 0.703. The predicted octanol–water partition coefficient (Wildman–Crippen LogP) is 0.877. The molecule has 1 aromatic rings. The standard InChI is InChI=1S/C21H31NO7S/c1-10(5-14(24)17-8-22(4)21(27)30-17)6-15-19(26)18(25)13(9-28-15)7-16-20(29-16)11(2)12(3)23/h5,8,11-13,15-16,18-20,23,25-26H,6-7,9H2,1-4H3/b10-5+/t11-,12-,13-,15-,16-,18+,19-,20-/m0/s1. The summed E-state index contributed by atoms with van der Waals surface area (Å²) in [5.74, 6) is -0.495. The fourth-order valence-corrected chi connectivity index (χ4v) is 4.67. The highest BCUT2D eigenvalue weighted by molar-refractivity contribution is 7.11. The first-order valence-electron chi connectivity index (χ1n) is 10.3. The highest BCUT2D eigenvalue weighted by Crippen LogP contribution is 2.38. The molecule has 3 rings (SSSR count). The zero-order chi connectivity index (χ0) is 22.2. The van der Waals surface area contributed by atoms with Crippen molar-refractivity contribution in [2.75, 3.05) is 6.61 Å². The van der Waals surface area contributed by atoms with Crippen LogP contribution in [0.3, 0.4) is 0 Å². The zero-order valence-corrected chi connectivity index (χ0v) is 18.5. The second kappa shape index (κ2) is 9.42. The molecule has 0 aromatic carbocycles. The van der Waals surface area contributed by atoms with Crippen molar-refractivity contribution in [2.45, 2.75) is 70.2 Å². The average molecular weight is 442 g/mol. The number of nitrogens with zero attached hydrogens (tertiary/aromatic N) is 1. The molecule has 1 aromatic heterocycles. The van der Waals surface area contributed by atoms with Gasteiger partial charge in [0.1, 0.15) is 6.10 Å². The molecular weight excluding hydrogens is 410 g/mol. The molecule has 0 spiro atoms. The summed E-state index contributed by atoms with van der Waals surface area (Å²) in [6, 6.07) is 0. The monoisotopic (exact) mass is 441 g/mol. The number of rotatable bonds is 8. The molecule has 8 nitrogen and oxygen atoms in total. The Morgan fingerprint density at radius 2 is 2.03 bits per heavy atom. The number of hydrogen-bond donors (Lipinski definition) is 3. The molecular formula is C21H31NO7S. The number of thiazole rings is 1. The molecule has 2 aliphatic heterocycles. The van der Waals surface area contributed by atoms with Crippen LogP contribution in [0.1, 0.15) is 43.3 Å². The number of aliphatic hydroxyl groups is 3. The number of ether oxygens (including phenoxy) is 2. The number of aryl methyl sites for hydroxylation is 1. The van der Waals surface area contributed by atoms with Gasteiger partial charge >= 0.3 is 4.87 Å². The second-order valence-electron chi connectivity index (χ2n) is 8.62. The van der Waals surface area contributed by atoms with Gasteiger partial charge in [-0.2, -0.15) is 0 Å². The summed E-state index contributed by atoms with van der Waals surface area (Å²) in [6.07, 6.45) is 0.659. The molecule has 3 N–H and O–H groups in total. The fourth-order valence-electron chi connectivity index (χ4n) is 3.92. The van der Waals surface area contributed by atoms with E-state index in [1.807, 2.05) is 6.92 Å². The molecule has 0 saturated carbocycles. The SMILES string of the molecule is C/C(=C\C(=O)c1cn(C)c(=O)s1)C[C@@H]1OC[C@H](C[C@@H]2O[C@H]2[C@@H](C)[C@H](C)O)[C@@H](O)[C@H]1O. The van der Waals surface area contributed by atoms with E-state index in [1.165, 1.54) is 16.8 Å². The van der Waals surface area contributed by atoms with Gasteiger partial charge in [-0.3, -0.25) is 9.59 Å². The van der Waals surface area contributed by atoms with Crippen LogP contribution in [0, 0.1) is 11.8 Å². The van der Waals surface area contributed by atoms with Gasteiger partial charge < -0.3 is 29.4 Å². The molecule has 0 bridgehead atoms. The highest BCUT2D eigenvalue weighted by Gasteiger charge is 2.48. The molecule has 2 aliphatic rings. The molecule has 9 heteroatoms. The van der Waals surface area contributed by atoms with E-state index < -0.39 is 24.4 Å². The molecule has 0 unspecified atom stereocenters. The number of carbonyl (C=O) groups is 1. The normalized spacial score (nSPS) is 33.9. The smallest absolute Gasteiger partial charge is 0.307 e. The van der Waals surface area contributed by atoms with Crippen LogP contribution >= 0.6 is 11.3 Å². The third kappa shape index (κ3) is 5.27. The number of ketones is 1. The van der Waals surface area contributed by atoms with Crippen LogP contribution in [0.15, 0.2) is 22.6 Å². The van der Waals surface area contributed by atoms with Gasteiger partial charge in [0.2, 0.25) is 0 Å². The molecule has 3 heterocycles. The summed E-state index contributed by atoms with van der Waals surface area (Å²) < 4.78 is 12.8. The van der Waals surface area contributed by atoms with Crippen LogP contribution in [0.25, 0.3) is 0 Å². The van der Waals surface area contributed by atoms with E-state index in [1.54, 1.807) is 20.9 Å². The third-order valence-electron chi connectivity index (χ3n) is 6.11. The largest absolute Gasteiger partial charge is 0.393 e. The van der Waals surface area contributed by atoms with Crippen molar-refractivity contribution in [3.8, 4) is 0 Å². The van der Waals surface area contributed by atoms with Crippen molar-refractivity contribution in [3.05, 3.63) is 32.4 Å². The Hall–Kier alpha value is -1.36. The van der Waals surface area contributed by atoms with Gasteiger partial charge in [0.05, 0.1) is 42.0 Å². The highest BCUT2D eigenvalue weighted by atomic mass is 32.1. The first kappa shape index (κ1) is 23.3. The molecule has 0 aliphatic carbocycles. The first-order chi connectivity index (χ1) is 14.1. The van der Waals surface area contributed by atoms with E-state index in [-0.39, 0.29) is 34.7 Å². The van der Waals surface area contributed by atoms with Crippen LogP contribution < -0.4 is 4.87 Å². The number of carbonyl (C=O) groups excluding carboxylic acids is 1. The lowest BCUT2D eigenvalue weighted by Gasteiger charge is -2.38. The van der Waals surface area contributed by atoms with E-state index in [9.17, 15) is 24.9 Å². The molecule has 168 valence electrons. The maximum Gasteiger partial charge on any atom is 0.307 e. The number of hydrogen-bond acceptors (Lipinski definition) is 8. The Morgan fingerprint density at radius 3 is 2.63 bits per heavy atom. The second-order valence-corrected chi connectivity index (χ2v) is 9.61. The minimum atomic E-state index is -1.07. The summed E-state index contributed by atoms with van der Waals surface area (Å²) in [4.78, 5) is 24.0. The molecule has 8 atom stereocenters. The van der Waals surface area contributed by atoms with E-state index in [4.69, 9.17) is 9.47 Å². The van der Waals surface area contributed by atoms with Crippen molar-refractivity contribution in [3.63, 3.8) is 0 Å². The summed E-state index contributed by atoms with van der Waals surface area (Å²) in [6.45, 7) is 5.71. The number of epoxide rings is 1. The molecule has 2 saturated heterocycles. The van der Waals surface area contributed by atoms with Gasteiger partial charge in [-0.15, -0.1) is 0 Å². The Kier molecular flexibility index (Phi) is 7.32. The molecule has 30 heavy (non-hydrogen) atoms. The summed E-state index contributed by atoms with van der Waals surface area (Å²) in [7, 11) is 1.59. The van der Waals surface area contributed by atoms with Gasteiger partial charge in [-0.25, -0.2) is 0 Å². The zero-order valence-electron chi connectivity index (χ0n) is 17.7. The molecule has 2 fully saturated rings. The Labute approximate surface area is 179 Å². The lowest BCUT2D eigenvalue weighted by molar-refractivity contribution is -0.165. The number of aromatic nitrogens is 1. The minimum absolute atomic E-state index is 0.0166. The summed E-state index contributed by atoms with van der Waals surface area (Å²) in [5, 5.41) is 30.8. The van der Waals surface area contributed by atoms with E-state index >= 15 is 0 Å². The lowest BCUT2D eigenvalue weighted by atomic mass is 9.85. The van der Waals surface area contributed by atoms with E-state index in [2.05, 4.69) is 0 Å². The van der Waals surface area contributed by atoms with Crippen molar-refractivity contribution < 1.29 is 29.6 Å². The van der Waals surface area contributed by atoms with Gasteiger partial charge in [0.15, 0.2) is 5.78 Å². The van der Waals surface area contributed by atoms with Gasteiger partial charge in [0.25, 0.3) is 0 Å². The van der Waals surface area contributed by atoms with Crippen LogP contribution in [0.2, 0.25) is 0 Å². The number of allylic oxidation sites excluding steroid dienone is 1. The van der Waals surface area contributed by atoms with Gasteiger partial charge in [0, 0.05) is 25.1 Å². The Morgan fingerprint density at radius 1 is 1.33 bits per heavy atom. The maximum atomic E-state index is 12.3. The number of aliphatic hydroxyl groups excluding tert-OH is 3. The quantitative estimate of drug-likeness (QED) is 0.311. The average Bonchev–Trinajstić information content (AvgIpc) is 3.36. The first-order valence-corrected chi connectivity index (χ1v) is 11.1. The van der Waals surface area contributed by atoms with E-state index in [0.29, 0.717) is 29.9 Å². The fraction of sp³-hybridized carbons (Fsp3) is 0.714. The van der Waals surface area contributed by atoms with E-state index in [0.717, 1.165) is 11.3 Å². The summed E-state index contributed by atoms with van der Waals surface area (Å²) >= 11 is 0.892. The van der Waals surface area contributed by atoms with Gasteiger partial charge in [-0.1, -0.05) is 23.8 Å². The van der Waals surface area contributed by atoms with Crippen molar-refractivity contribution in [1.82, 2.24) is 4.57 Å². The lowest BCUT2D eigenvalue weighted by Crippen LogP contribution is -2.50. The minimum Gasteiger partial charge on any atom is -0.393 e. The molecule has 0 amide bonds. The van der Waals surface area contributed by atoms with Crippen molar-refractivity contribution in [1.29, 1.82) is 0 Å². The van der Waals surface area contributed by atoms with Crippen LogP contribution in [0.4, 0.5) is 0 Å². The van der Waals surface area contributed by atoms with Crippen molar-refractivity contribution in [2.24, 2.45) is 18.9 Å². The Balaban J connectivity index is 1.53. The molecule has 0 radical (unpaired) electrons. The van der Waals surface area contributed by atoms with Crippen LogP contribution in [-0.4, -0.2) is 68.9 Å². The van der Waals surface area contributed by atoms with Crippen LogP contribution in [-0.2, 0) is 16.5 Å². The Bertz CT molecular complexity index is 845. The van der Waals surface area contributed by atoms with Gasteiger partial charge in [-0.05, 0) is 32.8 Å². The van der Waals surface area contributed by atoms with Crippen molar-refractivity contribution >= 4 is 17.1 Å². The van der Waals surface area contributed by atoms with Crippen LogP contribution in [0.5, 0.6) is 0 Å². The predicted molar refractivity (Wildman–Crippen MR) is 112 cm³/mol. The third-order valence-corrected chi connectivity index (χ3v) is 7.10.